The topological polar surface area (TPSA) is 84.2 Å². The lowest BCUT2D eigenvalue weighted by Gasteiger charge is -2.33. The molecule has 0 spiro atoms. The summed E-state index contributed by atoms with van der Waals surface area (Å²) in [5.41, 5.74) is 2.39. The first-order valence-corrected chi connectivity index (χ1v) is 10.5. The van der Waals surface area contributed by atoms with Gasteiger partial charge in [-0.15, -0.1) is 0 Å². The zero-order valence-electron chi connectivity index (χ0n) is 17.4. The fourth-order valence-corrected chi connectivity index (χ4v) is 4.24. The second-order valence-corrected chi connectivity index (χ2v) is 7.82. The highest BCUT2D eigenvalue weighted by atomic mass is 16.5. The lowest BCUT2D eigenvalue weighted by molar-refractivity contribution is 0.0566. The van der Waals surface area contributed by atoms with Crippen LogP contribution in [-0.2, 0) is 6.42 Å². The summed E-state index contributed by atoms with van der Waals surface area (Å²) in [5, 5.41) is 8.09. The second-order valence-electron chi connectivity index (χ2n) is 7.82. The van der Waals surface area contributed by atoms with Gasteiger partial charge in [0.2, 0.25) is 5.89 Å². The van der Waals surface area contributed by atoms with Crippen LogP contribution in [0.1, 0.15) is 53.0 Å². The van der Waals surface area contributed by atoms with Gasteiger partial charge in [-0.2, -0.15) is 5.10 Å². The molecule has 7 heteroatoms. The second kappa shape index (κ2) is 8.26. The van der Waals surface area contributed by atoms with E-state index in [-0.39, 0.29) is 11.9 Å². The molecule has 1 amide bonds. The Kier molecular flexibility index (Phi) is 5.16. The molecule has 0 bridgehead atoms. The van der Waals surface area contributed by atoms with Crippen LogP contribution >= 0.6 is 0 Å². The number of oxazole rings is 1. The molecule has 1 aliphatic heterocycles. The zero-order chi connectivity index (χ0) is 21.2. The first-order valence-electron chi connectivity index (χ1n) is 10.5. The van der Waals surface area contributed by atoms with Crippen LogP contribution in [0.5, 0.6) is 5.75 Å². The Bertz CT molecular complexity index is 1210. The fraction of sp³-hybridized carbons (Fsp3) is 0.292. The molecular formula is C24H24N4O3. The van der Waals surface area contributed by atoms with Gasteiger partial charge in [-0.05, 0) is 43.0 Å². The number of fused-ring (bicyclic) bond motifs is 1. The highest BCUT2D eigenvalue weighted by Crippen LogP contribution is 2.33. The molecule has 7 nitrogen and oxygen atoms in total. The van der Waals surface area contributed by atoms with Gasteiger partial charge < -0.3 is 14.1 Å². The molecule has 5 rings (SSSR count). The van der Waals surface area contributed by atoms with E-state index in [2.05, 4.69) is 15.2 Å². The number of aromatic nitrogens is 3. The Labute approximate surface area is 180 Å². The number of para-hydroxylation sites is 1. The van der Waals surface area contributed by atoms with E-state index in [1.807, 2.05) is 53.4 Å². The molecule has 1 fully saturated rings. The predicted octanol–water partition coefficient (Wildman–Crippen LogP) is 4.52. The third kappa shape index (κ3) is 3.79. The van der Waals surface area contributed by atoms with E-state index in [1.165, 1.54) is 0 Å². The maximum Gasteiger partial charge on any atom is 0.275 e. The van der Waals surface area contributed by atoms with Crippen LogP contribution in [0.4, 0.5) is 0 Å². The normalized spacial score (nSPS) is 16.5. The number of hydrogen-bond acceptors (Lipinski definition) is 5. The van der Waals surface area contributed by atoms with Gasteiger partial charge in [-0.1, -0.05) is 30.3 Å². The quantitative estimate of drug-likeness (QED) is 0.517. The first kappa shape index (κ1) is 19.4. The summed E-state index contributed by atoms with van der Waals surface area (Å²) in [4.78, 5) is 19.8. The number of ether oxygens (including phenoxy) is 1. The molecule has 1 saturated heterocycles. The van der Waals surface area contributed by atoms with Crippen molar-refractivity contribution >= 4 is 16.8 Å². The summed E-state index contributed by atoms with van der Waals surface area (Å²) in [5.74, 6) is 2.08. The van der Waals surface area contributed by atoms with Crippen molar-refractivity contribution in [3.05, 3.63) is 77.6 Å². The SMILES string of the molecule is COc1cccc(Cc2cnc(C3CCCCN3C(=O)c3n[nH]c4ccccc34)o2)c1. The highest BCUT2D eigenvalue weighted by Gasteiger charge is 2.33. The van der Waals surface area contributed by atoms with Crippen LogP contribution in [0.3, 0.4) is 0 Å². The molecule has 4 aromatic rings. The minimum absolute atomic E-state index is 0.0882. The molecule has 1 aliphatic rings. The van der Waals surface area contributed by atoms with Gasteiger partial charge in [0, 0.05) is 18.4 Å². The molecule has 1 unspecified atom stereocenters. The van der Waals surface area contributed by atoms with Crippen LogP contribution in [0, 0.1) is 0 Å². The smallest absolute Gasteiger partial charge is 0.275 e. The van der Waals surface area contributed by atoms with Crippen molar-refractivity contribution in [1.82, 2.24) is 20.1 Å². The minimum atomic E-state index is -0.184. The number of aromatic amines is 1. The van der Waals surface area contributed by atoms with Crippen molar-refractivity contribution in [2.75, 3.05) is 13.7 Å². The van der Waals surface area contributed by atoms with Crippen LogP contribution in [0.2, 0.25) is 0 Å². The molecule has 0 saturated carbocycles. The number of benzene rings is 2. The van der Waals surface area contributed by atoms with Crippen molar-refractivity contribution < 1.29 is 13.9 Å². The molecule has 0 radical (unpaired) electrons. The van der Waals surface area contributed by atoms with E-state index in [1.54, 1.807) is 13.3 Å². The van der Waals surface area contributed by atoms with Gasteiger partial charge in [-0.25, -0.2) is 4.98 Å². The van der Waals surface area contributed by atoms with Crippen molar-refractivity contribution in [3.63, 3.8) is 0 Å². The maximum atomic E-state index is 13.4. The zero-order valence-corrected chi connectivity index (χ0v) is 17.4. The van der Waals surface area contributed by atoms with Gasteiger partial charge in [-0.3, -0.25) is 9.89 Å². The molecule has 31 heavy (non-hydrogen) atoms. The van der Waals surface area contributed by atoms with E-state index >= 15 is 0 Å². The number of H-pyrrole nitrogens is 1. The summed E-state index contributed by atoms with van der Waals surface area (Å²) in [6.07, 6.45) is 5.20. The summed E-state index contributed by atoms with van der Waals surface area (Å²) >= 11 is 0. The van der Waals surface area contributed by atoms with E-state index in [0.29, 0.717) is 24.6 Å². The minimum Gasteiger partial charge on any atom is -0.497 e. The van der Waals surface area contributed by atoms with E-state index in [4.69, 9.17) is 9.15 Å². The largest absolute Gasteiger partial charge is 0.497 e. The highest BCUT2D eigenvalue weighted by molar-refractivity contribution is 6.04. The van der Waals surface area contributed by atoms with Crippen molar-refractivity contribution in [2.24, 2.45) is 0 Å². The van der Waals surface area contributed by atoms with Gasteiger partial charge >= 0.3 is 0 Å². The number of hydrogen-bond donors (Lipinski definition) is 1. The average molecular weight is 416 g/mol. The van der Waals surface area contributed by atoms with Crippen molar-refractivity contribution in [1.29, 1.82) is 0 Å². The molecule has 2 aromatic carbocycles. The summed E-state index contributed by atoms with van der Waals surface area (Å²) in [6, 6.07) is 15.4. The Hall–Kier alpha value is -3.61. The third-order valence-corrected chi connectivity index (χ3v) is 5.81. The number of piperidine rings is 1. The van der Waals surface area contributed by atoms with Gasteiger partial charge in [0.15, 0.2) is 5.69 Å². The van der Waals surface area contributed by atoms with Gasteiger partial charge in [0.25, 0.3) is 5.91 Å². The fourth-order valence-electron chi connectivity index (χ4n) is 4.24. The monoisotopic (exact) mass is 416 g/mol. The summed E-state index contributed by atoms with van der Waals surface area (Å²) in [6.45, 7) is 0.665. The number of carbonyl (C=O) groups excluding carboxylic acids is 1. The van der Waals surface area contributed by atoms with Crippen molar-refractivity contribution in [3.8, 4) is 5.75 Å². The van der Waals surface area contributed by atoms with Crippen LogP contribution in [0.15, 0.2) is 59.1 Å². The third-order valence-electron chi connectivity index (χ3n) is 5.81. The molecule has 3 heterocycles. The molecular weight excluding hydrogens is 392 g/mol. The maximum absolute atomic E-state index is 13.4. The predicted molar refractivity (Wildman–Crippen MR) is 116 cm³/mol. The first-order chi connectivity index (χ1) is 15.2. The number of rotatable bonds is 5. The number of nitrogens with zero attached hydrogens (tertiary/aromatic N) is 3. The Balaban J connectivity index is 1.39. The number of likely N-dealkylation sites (tertiary alicyclic amines) is 1. The lowest BCUT2D eigenvalue weighted by Crippen LogP contribution is -2.39. The van der Waals surface area contributed by atoms with Gasteiger partial charge in [0.05, 0.1) is 18.8 Å². The number of amides is 1. The summed E-state index contributed by atoms with van der Waals surface area (Å²) < 4.78 is 11.4. The van der Waals surface area contributed by atoms with E-state index in [0.717, 1.165) is 47.2 Å². The average Bonchev–Trinajstić information content (AvgIpc) is 3.46. The van der Waals surface area contributed by atoms with Gasteiger partial charge in [0.1, 0.15) is 17.6 Å². The Morgan fingerprint density at radius 1 is 1.23 bits per heavy atom. The molecule has 0 aliphatic carbocycles. The van der Waals surface area contributed by atoms with E-state index < -0.39 is 0 Å². The Morgan fingerprint density at radius 2 is 2.13 bits per heavy atom. The Morgan fingerprint density at radius 3 is 3.03 bits per heavy atom. The standard InChI is InChI=1S/C24H24N4O3/c1-30-17-8-6-7-16(13-17)14-18-15-25-23(31-18)21-11-4-5-12-28(21)24(29)22-19-9-2-3-10-20(19)26-27-22/h2-3,6-10,13,15,21H,4-5,11-12,14H2,1H3,(H,26,27). The molecule has 158 valence electrons. The van der Waals surface area contributed by atoms with Crippen LogP contribution < -0.4 is 4.74 Å². The molecule has 1 N–H and O–H groups in total. The lowest BCUT2D eigenvalue weighted by atomic mass is 10.0. The molecule has 2 aromatic heterocycles. The van der Waals surface area contributed by atoms with Crippen LogP contribution in [0.25, 0.3) is 10.9 Å². The van der Waals surface area contributed by atoms with Crippen LogP contribution in [-0.4, -0.2) is 39.6 Å². The number of carbonyl (C=O) groups is 1. The number of methoxy groups -OCH3 is 1. The van der Waals surface area contributed by atoms with Crippen molar-refractivity contribution in [2.45, 2.75) is 31.7 Å². The van der Waals surface area contributed by atoms with E-state index in [9.17, 15) is 4.79 Å². The molecule has 1 atom stereocenters. The summed E-state index contributed by atoms with van der Waals surface area (Å²) in [7, 11) is 1.66. The number of nitrogens with one attached hydrogen (secondary N) is 1.